The first kappa shape index (κ1) is 22.3. The lowest BCUT2D eigenvalue weighted by atomic mass is 9.88. The molecular formula is C27H31N5O2. The van der Waals surface area contributed by atoms with Crippen molar-refractivity contribution in [1.29, 1.82) is 0 Å². The molecule has 2 N–H and O–H groups in total. The van der Waals surface area contributed by atoms with Crippen LogP contribution in [0.25, 0.3) is 11.3 Å². The van der Waals surface area contributed by atoms with Crippen LogP contribution in [0.3, 0.4) is 0 Å². The number of hydrogen-bond donors (Lipinski definition) is 2. The molecule has 1 saturated heterocycles. The van der Waals surface area contributed by atoms with Crippen LogP contribution in [0.15, 0.2) is 60.8 Å². The van der Waals surface area contributed by atoms with Gasteiger partial charge in [-0.25, -0.2) is 9.97 Å². The van der Waals surface area contributed by atoms with Crippen molar-refractivity contribution < 1.29 is 9.53 Å². The summed E-state index contributed by atoms with van der Waals surface area (Å²) in [5, 5.41) is 6.36. The Bertz CT molecular complexity index is 1090. The van der Waals surface area contributed by atoms with Crippen LogP contribution in [0.1, 0.15) is 32.1 Å². The van der Waals surface area contributed by atoms with Crippen molar-refractivity contribution in [3.05, 3.63) is 60.8 Å². The van der Waals surface area contributed by atoms with Gasteiger partial charge in [-0.2, -0.15) is 0 Å². The maximum absolute atomic E-state index is 12.5. The predicted octanol–water partition coefficient (Wildman–Crippen LogP) is 5.24. The largest absolute Gasteiger partial charge is 0.378 e. The number of carbonyl (C=O) groups is 1. The van der Waals surface area contributed by atoms with Crippen LogP contribution >= 0.6 is 0 Å². The molecule has 3 aromatic rings. The van der Waals surface area contributed by atoms with Gasteiger partial charge >= 0.3 is 0 Å². The highest BCUT2D eigenvalue weighted by Gasteiger charge is 2.21. The van der Waals surface area contributed by atoms with Gasteiger partial charge in [-0.3, -0.25) is 4.79 Å². The number of rotatable bonds is 6. The van der Waals surface area contributed by atoms with E-state index in [1.807, 2.05) is 42.5 Å². The Morgan fingerprint density at radius 1 is 0.882 bits per heavy atom. The van der Waals surface area contributed by atoms with E-state index in [-0.39, 0.29) is 11.8 Å². The number of hydrogen-bond acceptors (Lipinski definition) is 6. The van der Waals surface area contributed by atoms with Crippen molar-refractivity contribution >= 4 is 28.9 Å². The smallest absolute Gasteiger partial charge is 0.227 e. The summed E-state index contributed by atoms with van der Waals surface area (Å²) in [5.41, 5.74) is 4.76. The zero-order chi connectivity index (χ0) is 23.2. The molecule has 34 heavy (non-hydrogen) atoms. The molecule has 0 atom stereocenters. The third-order valence-electron chi connectivity index (χ3n) is 6.58. The highest BCUT2D eigenvalue weighted by atomic mass is 16.5. The summed E-state index contributed by atoms with van der Waals surface area (Å²) < 4.78 is 5.43. The van der Waals surface area contributed by atoms with Gasteiger partial charge in [-0.15, -0.1) is 0 Å². The first-order valence-corrected chi connectivity index (χ1v) is 12.2. The molecule has 0 spiro atoms. The Balaban J connectivity index is 1.21. The molecule has 176 valence electrons. The van der Waals surface area contributed by atoms with Crippen LogP contribution in [0, 0.1) is 5.92 Å². The normalized spacial score (nSPS) is 16.8. The van der Waals surface area contributed by atoms with E-state index in [9.17, 15) is 4.79 Å². The van der Waals surface area contributed by atoms with Gasteiger partial charge in [0.25, 0.3) is 0 Å². The average Bonchev–Trinajstić information content (AvgIpc) is 2.91. The minimum Gasteiger partial charge on any atom is -0.378 e. The Labute approximate surface area is 200 Å². The lowest BCUT2D eigenvalue weighted by molar-refractivity contribution is -0.120. The summed E-state index contributed by atoms with van der Waals surface area (Å²) in [7, 11) is 0. The number of carbonyl (C=O) groups excluding carboxylic acids is 1. The van der Waals surface area contributed by atoms with Crippen molar-refractivity contribution in [3.8, 4) is 11.3 Å². The highest BCUT2D eigenvalue weighted by Crippen LogP contribution is 2.26. The molecule has 1 aromatic heterocycles. The van der Waals surface area contributed by atoms with Crippen LogP contribution in [0.2, 0.25) is 0 Å². The van der Waals surface area contributed by atoms with Gasteiger partial charge in [-0.05, 0) is 55.3 Å². The maximum atomic E-state index is 12.5. The standard InChI is InChI=1S/C27H31N5O2/c33-26(21-4-2-1-3-5-21)29-22-8-6-20(7-9-22)25-14-15-28-27(31-25)30-23-10-12-24(13-11-23)32-16-18-34-19-17-32/h6-15,21H,1-5,16-19H2,(H,29,33)(H,28,30,31). The van der Waals surface area contributed by atoms with Crippen LogP contribution < -0.4 is 15.5 Å². The molecule has 1 aliphatic carbocycles. The summed E-state index contributed by atoms with van der Waals surface area (Å²) in [4.78, 5) is 23.9. The third kappa shape index (κ3) is 5.54. The second-order valence-electron chi connectivity index (χ2n) is 8.94. The van der Waals surface area contributed by atoms with E-state index in [2.05, 4.69) is 37.6 Å². The third-order valence-corrected chi connectivity index (χ3v) is 6.58. The fourth-order valence-electron chi connectivity index (χ4n) is 4.62. The number of anilines is 4. The Morgan fingerprint density at radius 2 is 1.59 bits per heavy atom. The predicted molar refractivity (Wildman–Crippen MR) is 135 cm³/mol. The quantitative estimate of drug-likeness (QED) is 0.527. The maximum Gasteiger partial charge on any atom is 0.227 e. The highest BCUT2D eigenvalue weighted by molar-refractivity contribution is 5.92. The van der Waals surface area contributed by atoms with E-state index >= 15 is 0 Å². The van der Waals surface area contributed by atoms with Gasteiger partial charge in [-0.1, -0.05) is 31.4 Å². The zero-order valence-corrected chi connectivity index (χ0v) is 19.4. The van der Waals surface area contributed by atoms with Crippen LogP contribution in [0.5, 0.6) is 0 Å². The fraction of sp³-hybridized carbons (Fsp3) is 0.370. The van der Waals surface area contributed by atoms with Crippen molar-refractivity contribution in [2.45, 2.75) is 32.1 Å². The van der Waals surface area contributed by atoms with Crippen LogP contribution in [-0.2, 0) is 9.53 Å². The summed E-state index contributed by atoms with van der Waals surface area (Å²) in [6.45, 7) is 3.38. The molecule has 0 radical (unpaired) electrons. The molecule has 1 saturated carbocycles. The van der Waals surface area contributed by atoms with Gasteiger partial charge in [0, 0.05) is 47.8 Å². The van der Waals surface area contributed by atoms with E-state index in [0.717, 1.165) is 74.6 Å². The Kier molecular flexibility index (Phi) is 7.00. The molecule has 7 heteroatoms. The molecule has 0 bridgehead atoms. The van der Waals surface area contributed by atoms with E-state index in [1.54, 1.807) is 6.20 Å². The first-order valence-electron chi connectivity index (χ1n) is 12.2. The van der Waals surface area contributed by atoms with E-state index in [1.165, 1.54) is 12.1 Å². The first-order chi connectivity index (χ1) is 16.7. The topological polar surface area (TPSA) is 79.4 Å². The minimum absolute atomic E-state index is 0.139. The molecule has 2 aromatic carbocycles. The number of nitrogens with one attached hydrogen (secondary N) is 2. The van der Waals surface area contributed by atoms with Crippen molar-refractivity contribution in [3.63, 3.8) is 0 Å². The molecule has 7 nitrogen and oxygen atoms in total. The second kappa shape index (κ2) is 10.7. The Hall–Kier alpha value is -3.45. The molecule has 2 heterocycles. The number of benzene rings is 2. The summed E-state index contributed by atoms with van der Waals surface area (Å²) in [5.74, 6) is 0.832. The fourth-order valence-corrected chi connectivity index (χ4v) is 4.62. The van der Waals surface area contributed by atoms with Crippen molar-refractivity contribution in [1.82, 2.24) is 9.97 Å². The lowest BCUT2D eigenvalue weighted by Crippen LogP contribution is -2.36. The summed E-state index contributed by atoms with van der Waals surface area (Å²) in [6, 6.07) is 18.1. The van der Waals surface area contributed by atoms with Gasteiger partial charge in [0.05, 0.1) is 18.9 Å². The minimum atomic E-state index is 0.139. The number of amides is 1. The van der Waals surface area contributed by atoms with Gasteiger partial charge in [0.2, 0.25) is 11.9 Å². The zero-order valence-electron chi connectivity index (χ0n) is 19.4. The second-order valence-corrected chi connectivity index (χ2v) is 8.94. The number of morpholine rings is 1. The van der Waals surface area contributed by atoms with E-state index in [0.29, 0.717) is 5.95 Å². The number of ether oxygens (including phenoxy) is 1. The van der Waals surface area contributed by atoms with Gasteiger partial charge in [0.1, 0.15) is 0 Å². The van der Waals surface area contributed by atoms with Crippen molar-refractivity contribution in [2.75, 3.05) is 41.8 Å². The Morgan fingerprint density at radius 3 is 2.32 bits per heavy atom. The van der Waals surface area contributed by atoms with Gasteiger partial charge < -0.3 is 20.3 Å². The average molecular weight is 458 g/mol. The molecule has 1 amide bonds. The summed E-state index contributed by atoms with van der Waals surface area (Å²) >= 11 is 0. The molecule has 2 aliphatic rings. The SMILES string of the molecule is O=C(Nc1ccc(-c2ccnc(Nc3ccc(N4CCOCC4)cc3)n2)cc1)C1CCCCC1. The van der Waals surface area contributed by atoms with Crippen LogP contribution in [-0.4, -0.2) is 42.2 Å². The monoisotopic (exact) mass is 457 g/mol. The molecule has 2 fully saturated rings. The summed E-state index contributed by atoms with van der Waals surface area (Å²) in [6.07, 6.45) is 7.30. The number of nitrogens with zero attached hydrogens (tertiary/aromatic N) is 3. The molecule has 0 unspecified atom stereocenters. The van der Waals surface area contributed by atoms with E-state index < -0.39 is 0 Å². The van der Waals surface area contributed by atoms with Crippen molar-refractivity contribution in [2.24, 2.45) is 5.92 Å². The number of aromatic nitrogens is 2. The van der Waals surface area contributed by atoms with Crippen LogP contribution in [0.4, 0.5) is 23.0 Å². The lowest BCUT2D eigenvalue weighted by Gasteiger charge is -2.28. The molecular weight excluding hydrogens is 426 g/mol. The molecule has 5 rings (SSSR count). The molecule has 1 aliphatic heterocycles. The van der Waals surface area contributed by atoms with E-state index in [4.69, 9.17) is 4.74 Å². The van der Waals surface area contributed by atoms with Gasteiger partial charge in [0.15, 0.2) is 0 Å².